The second kappa shape index (κ2) is 32.4. The van der Waals surface area contributed by atoms with Gasteiger partial charge in [0, 0.05) is 13.0 Å². The zero-order valence-electron chi connectivity index (χ0n) is 15.9. The van der Waals surface area contributed by atoms with Crippen LogP contribution in [0.1, 0.15) is 79.6 Å². The Labute approximate surface area is 142 Å². The summed E-state index contributed by atoms with van der Waals surface area (Å²) in [5, 5.41) is 2.77. The Morgan fingerprint density at radius 3 is 1.91 bits per heavy atom. The standard InChI is InChI=1S/C11H21NO3.C3H8.C2H6.CH3NO/c1-3-4-5-6-9-12-10(13)7-8-11(14)15-2;1-3-2;1-2;2-1-3/h3-9H2,1-2H3,(H,12,13);3H2,1-2H3;1-2H3;1H,(H2,2,3). The minimum Gasteiger partial charge on any atom is -0.469 e. The zero-order chi connectivity index (χ0) is 18.9. The molecule has 0 saturated heterocycles. The van der Waals surface area contributed by atoms with E-state index >= 15 is 0 Å². The van der Waals surface area contributed by atoms with Crippen molar-refractivity contribution in [3.63, 3.8) is 0 Å². The molecule has 6 nitrogen and oxygen atoms in total. The second-order valence-electron chi connectivity index (χ2n) is 4.33. The maximum atomic E-state index is 11.2. The molecule has 0 aromatic carbocycles. The van der Waals surface area contributed by atoms with Gasteiger partial charge in [-0.15, -0.1) is 0 Å². The predicted molar refractivity (Wildman–Crippen MR) is 96.0 cm³/mol. The number of ether oxygens (including phenoxy) is 1. The molecule has 0 saturated carbocycles. The summed E-state index contributed by atoms with van der Waals surface area (Å²) in [6.45, 7) is 11.1. The maximum Gasteiger partial charge on any atom is 0.306 e. The van der Waals surface area contributed by atoms with E-state index in [-0.39, 0.29) is 31.1 Å². The van der Waals surface area contributed by atoms with Gasteiger partial charge in [-0.2, -0.15) is 0 Å². The van der Waals surface area contributed by atoms with E-state index in [4.69, 9.17) is 4.79 Å². The summed E-state index contributed by atoms with van der Waals surface area (Å²) in [6.07, 6.45) is 6.44. The third-order valence-electron chi connectivity index (χ3n) is 2.14. The molecule has 2 amide bonds. The van der Waals surface area contributed by atoms with Gasteiger partial charge in [0.25, 0.3) is 0 Å². The van der Waals surface area contributed by atoms with Crippen LogP contribution in [0.15, 0.2) is 0 Å². The van der Waals surface area contributed by atoms with Crippen LogP contribution in [-0.4, -0.2) is 31.9 Å². The number of nitrogens with two attached hydrogens (primary N) is 1. The first-order chi connectivity index (χ1) is 11.0. The molecule has 0 radical (unpaired) electrons. The van der Waals surface area contributed by atoms with E-state index in [2.05, 4.69) is 36.6 Å². The molecule has 23 heavy (non-hydrogen) atoms. The van der Waals surface area contributed by atoms with E-state index in [0.717, 1.165) is 12.8 Å². The molecule has 0 aliphatic rings. The van der Waals surface area contributed by atoms with E-state index in [9.17, 15) is 9.59 Å². The summed E-state index contributed by atoms with van der Waals surface area (Å²) in [5.41, 5.74) is 4.17. The normalized spacial score (nSPS) is 7.91. The van der Waals surface area contributed by atoms with Crippen LogP contribution in [-0.2, 0) is 19.1 Å². The molecule has 3 N–H and O–H groups in total. The highest BCUT2D eigenvalue weighted by molar-refractivity contribution is 5.81. The molecule has 0 aliphatic heterocycles. The van der Waals surface area contributed by atoms with E-state index in [0.29, 0.717) is 6.54 Å². The topological polar surface area (TPSA) is 98.5 Å². The SMILES string of the molecule is CC.CCC.CCCCCCNC(=O)CCC(=O)OC.NC=O. The van der Waals surface area contributed by atoms with Crippen molar-refractivity contribution in [3.8, 4) is 0 Å². The number of methoxy groups -OCH3 is 1. The summed E-state index contributed by atoms with van der Waals surface area (Å²) in [7, 11) is 1.32. The summed E-state index contributed by atoms with van der Waals surface area (Å²) in [6, 6.07) is 0. The van der Waals surface area contributed by atoms with Crippen molar-refractivity contribution in [2.24, 2.45) is 5.73 Å². The van der Waals surface area contributed by atoms with Crippen LogP contribution in [0.4, 0.5) is 0 Å². The number of amides is 2. The lowest BCUT2D eigenvalue weighted by Crippen LogP contribution is -2.24. The fraction of sp³-hybridized carbons (Fsp3) is 0.824. The molecule has 0 unspecified atom stereocenters. The first kappa shape index (κ1) is 29.4. The molecule has 0 spiro atoms. The molecule has 0 aliphatic carbocycles. The van der Waals surface area contributed by atoms with Crippen molar-refractivity contribution in [1.29, 1.82) is 0 Å². The Hall–Kier alpha value is -1.59. The molecule has 0 heterocycles. The molecule has 0 aromatic heterocycles. The molecule has 6 heteroatoms. The van der Waals surface area contributed by atoms with Crippen molar-refractivity contribution in [2.45, 2.75) is 79.6 Å². The van der Waals surface area contributed by atoms with Crippen molar-refractivity contribution in [2.75, 3.05) is 13.7 Å². The Balaban J connectivity index is -0.000000190. The summed E-state index contributed by atoms with van der Waals surface area (Å²) in [4.78, 5) is 30.5. The molecule has 0 aromatic rings. The summed E-state index contributed by atoms with van der Waals surface area (Å²) >= 11 is 0. The Morgan fingerprint density at radius 1 is 1.04 bits per heavy atom. The molecular formula is C17H38N2O4. The van der Waals surface area contributed by atoms with E-state index in [1.54, 1.807) is 0 Å². The lowest BCUT2D eigenvalue weighted by atomic mass is 10.2. The number of rotatable bonds is 8. The number of unbranched alkanes of at least 4 members (excludes halogenated alkanes) is 3. The fourth-order valence-corrected chi connectivity index (χ4v) is 1.19. The predicted octanol–water partition coefficient (Wildman–Crippen LogP) is 3.18. The van der Waals surface area contributed by atoms with Crippen LogP contribution < -0.4 is 11.1 Å². The van der Waals surface area contributed by atoms with Gasteiger partial charge in [0.05, 0.1) is 13.5 Å². The molecule has 0 rings (SSSR count). The number of carbonyl (C=O) groups excluding carboxylic acids is 3. The minimum atomic E-state index is -0.337. The lowest BCUT2D eigenvalue weighted by Gasteiger charge is -2.04. The fourth-order valence-electron chi connectivity index (χ4n) is 1.19. The summed E-state index contributed by atoms with van der Waals surface area (Å²) in [5.74, 6) is -0.409. The number of primary amides is 1. The van der Waals surface area contributed by atoms with Crippen LogP contribution in [0.25, 0.3) is 0 Å². The highest BCUT2D eigenvalue weighted by Gasteiger charge is 2.05. The van der Waals surface area contributed by atoms with Crippen molar-refractivity contribution in [3.05, 3.63) is 0 Å². The van der Waals surface area contributed by atoms with Gasteiger partial charge < -0.3 is 15.8 Å². The second-order valence-corrected chi connectivity index (χ2v) is 4.33. The third kappa shape index (κ3) is 44.9. The van der Waals surface area contributed by atoms with Crippen LogP contribution in [0.3, 0.4) is 0 Å². The van der Waals surface area contributed by atoms with Gasteiger partial charge >= 0.3 is 5.97 Å². The quantitative estimate of drug-likeness (QED) is 0.404. The number of carbonyl (C=O) groups is 3. The monoisotopic (exact) mass is 334 g/mol. The largest absolute Gasteiger partial charge is 0.469 e. The smallest absolute Gasteiger partial charge is 0.306 e. The lowest BCUT2D eigenvalue weighted by molar-refractivity contribution is -0.142. The number of esters is 1. The Morgan fingerprint density at radius 2 is 1.52 bits per heavy atom. The molecular weight excluding hydrogens is 296 g/mol. The first-order valence-electron chi connectivity index (χ1n) is 8.52. The van der Waals surface area contributed by atoms with Gasteiger partial charge in [-0.1, -0.05) is 60.3 Å². The number of nitrogens with one attached hydrogen (secondary N) is 1. The number of hydrogen-bond donors (Lipinski definition) is 2. The van der Waals surface area contributed by atoms with Gasteiger partial charge in [0.2, 0.25) is 12.3 Å². The summed E-state index contributed by atoms with van der Waals surface area (Å²) < 4.78 is 4.44. The average Bonchev–Trinajstić information content (AvgIpc) is 2.55. The molecule has 0 atom stereocenters. The van der Waals surface area contributed by atoms with Crippen LogP contribution >= 0.6 is 0 Å². The number of hydrogen-bond acceptors (Lipinski definition) is 4. The molecule has 140 valence electrons. The molecule has 0 fully saturated rings. The van der Waals surface area contributed by atoms with E-state index < -0.39 is 0 Å². The minimum absolute atomic E-state index is 0.0723. The van der Waals surface area contributed by atoms with E-state index in [1.165, 1.54) is 26.4 Å². The van der Waals surface area contributed by atoms with Crippen LogP contribution in [0.2, 0.25) is 0 Å². The van der Waals surface area contributed by atoms with Crippen molar-refractivity contribution < 1.29 is 19.1 Å². The third-order valence-corrected chi connectivity index (χ3v) is 2.14. The zero-order valence-corrected chi connectivity index (χ0v) is 15.9. The first-order valence-corrected chi connectivity index (χ1v) is 8.52. The van der Waals surface area contributed by atoms with Gasteiger partial charge in [-0.05, 0) is 6.42 Å². The Kier molecular flexibility index (Phi) is 41.4. The average molecular weight is 335 g/mol. The van der Waals surface area contributed by atoms with Crippen molar-refractivity contribution >= 4 is 18.3 Å². The Bertz CT molecular complexity index is 247. The van der Waals surface area contributed by atoms with Gasteiger partial charge in [0.1, 0.15) is 0 Å². The van der Waals surface area contributed by atoms with Crippen LogP contribution in [0.5, 0.6) is 0 Å². The van der Waals surface area contributed by atoms with Crippen LogP contribution in [0, 0.1) is 0 Å². The van der Waals surface area contributed by atoms with E-state index in [1.807, 2.05) is 13.8 Å². The van der Waals surface area contributed by atoms with Crippen molar-refractivity contribution in [1.82, 2.24) is 5.32 Å². The van der Waals surface area contributed by atoms with Gasteiger partial charge in [-0.3, -0.25) is 14.4 Å². The maximum absolute atomic E-state index is 11.2. The highest BCUT2D eigenvalue weighted by Crippen LogP contribution is 1.97. The highest BCUT2D eigenvalue weighted by atomic mass is 16.5. The van der Waals surface area contributed by atoms with Gasteiger partial charge in [0.15, 0.2) is 0 Å². The van der Waals surface area contributed by atoms with Gasteiger partial charge in [-0.25, -0.2) is 0 Å². The molecule has 0 bridgehead atoms.